The number of carbonyl (C=O) groups excluding carboxylic acids is 1. The molecular weight excluding hydrogens is 352 g/mol. The van der Waals surface area contributed by atoms with Gasteiger partial charge in [0, 0.05) is 31.5 Å². The van der Waals surface area contributed by atoms with E-state index in [2.05, 4.69) is 26.4 Å². The number of hydrogen-bond acceptors (Lipinski definition) is 5. The summed E-state index contributed by atoms with van der Waals surface area (Å²) in [4.78, 5) is 18.9. The molecule has 7 nitrogen and oxygen atoms in total. The minimum absolute atomic E-state index is 0.123. The molecule has 1 aromatic carbocycles. The Labute approximate surface area is 163 Å². The summed E-state index contributed by atoms with van der Waals surface area (Å²) in [6, 6.07) is 15.1. The van der Waals surface area contributed by atoms with Gasteiger partial charge in [-0.05, 0) is 35.7 Å². The maximum atomic E-state index is 12.3. The Balaban J connectivity index is 1.31. The molecule has 0 atom stereocenters. The molecule has 0 saturated carbocycles. The van der Waals surface area contributed by atoms with Gasteiger partial charge in [0.25, 0.3) is 0 Å². The van der Waals surface area contributed by atoms with Gasteiger partial charge in [-0.3, -0.25) is 9.48 Å². The molecule has 1 aliphatic heterocycles. The lowest BCUT2D eigenvalue weighted by molar-refractivity contribution is -0.115. The van der Waals surface area contributed by atoms with Crippen molar-refractivity contribution in [2.75, 3.05) is 23.3 Å². The van der Waals surface area contributed by atoms with Crippen molar-refractivity contribution in [3.63, 3.8) is 0 Å². The lowest BCUT2D eigenvalue weighted by atomic mass is 10.1. The Morgan fingerprint density at radius 3 is 2.54 bits per heavy atom. The van der Waals surface area contributed by atoms with Crippen LogP contribution >= 0.6 is 0 Å². The van der Waals surface area contributed by atoms with Crippen LogP contribution < -0.4 is 10.2 Å². The summed E-state index contributed by atoms with van der Waals surface area (Å²) in [5, 5.41) is 16.1. The molecule has 0 radical (unpaired) electrons. The number of nitrogens with zero attached hydrogens (tertiary/aromatic N) is 5. The quantitative estimate of drug-likeness (QED) is 0.719. The topological polar surface area (TPSA) is 86.8 Å². The van der Waals surface area contributed by atoms with E-state index in [9.17, 15) is 4.79 Å². The highest BCUT2D eigenvalue weighted by Crippen LogP contribution is 2.18. The molecule has 1 aliphatic rings. The molecule has 0 aliphatic carbocycles. The minimum atomic E-state index is -0.123. The molecule has 1 N–H and O–H groups in total. The van der Waals surface area contributed by atoms with Crippen molar-refractivity contribution in [2.45, 2.75) is 19.4 Å². The van der Waals surface area contributed by atoms with Crippen LogP contribution in [0.15, 0.2) is 54.9 Å². The molecule has 140 valence electrons. The van der Waals surface area contributed by atoms with Crippen LogP contribution in [0.2, 0.25) is 0 Å². The number of carbonyl (C=O) groups is 1. The standard InChI is InChI=1S/C21H20N6O/c22-13-16-2-4-17(5-3-16)15-27-11-8-19(25-27)24-21(28)12-18-6-7-20(23-14-18)26-9-1-10-26/h2-8,11,14H,1,9-10,12,15H2,(H,24,25,28). The monoisotopic (exact) mass is 372 g/mol. The van der Waals surface area contributed by atoms with E-state index in [0.717, 1.165) is 30.0 Å². The molecule has 1 amide bonds. The molecule has 3 heterocycles. The number of nitrogens with one attached hydrogen (secondary N) is 1. The zero-order valence-corrected chi connectivity index (χ0v) is 15.4. The van der Waals surface area contributed by atoms with Crippen LogP contribution in [0, 0.1) is 11.3 Å². The van der Waals surface area contributed by atoms with Crippen LogP contribution in [0.4, 0.5) is 11.6 Å². The Morgan fingerprint density at radius 2 is 1.89 bits per heavy atom. The fourth-order valence-corrected chi connectivity index (χ4v) is 3.01. The van der Waals surface area contributed by atoms with E-state index >= 15 is 0 Å². The van der Waals surface area contributed by atoms with Gasteiger partial charge in [-0.2, -0.15) is 10.4 Å². The zero-order valence-electron chi connectivity index (χ0n) is 15.4. The number of rotatable bonds is 6. The van der Waals surface area contributed by atoms with E-state index in [1.165, 1.54) is 6.42 Å². The van der Waals surface area contributed by atoms with Crippen molar-refractivity contribution >= 4 is 17.5 Å². The highest BCUT2D eigenvalue weighted by atomic mass is 16.1. The number of nitriles is 1. The first-order chi connectivity index (χ1) is 13.7. The SMILES string of the molecule is N#Cc1ccc(Cn2ccc(NC(=O)Cc3ccc(N4CCC4)nc3)n2)cc1. The number of pyridine rings is 1. The van der Waals surface area contributed by atoms with Crippen molar-refractivity contribution in [2.24, 2.45) is 0 Å². The Kier molecular flexibility index (Phi) is 5.02. The molecule has 3 aromatic rings. The Bertz CT molecular complexity index is 997. The van der Waals surface area contributed by atoms with E-state index in [1.807, 2.05) is 30.5 Å². The van der Waals surface area contributed by atoms with E-state index in [4.69, 9.17) is 5.26 Å². The fourth-order valence-electron chi connectivity index (χ4n) is 3.01. The van der Waals surface area contributed by atoms with Crippen molar-refractivity contribution in [3.05, 3.63) is 71.5 Å². The predicted molar refractivity (Wildman–Crippen MR) is 106 cm³/mol. The lowest BCUT2D eigenvalue weighted by Crippen LogP contribution is -2.37. The van der Waals surface area contributed by atoms with Gasteiger partial charge in [-0.15, -0.1) is 0 Å². The zero-order chi connectivity index (χ0) is 19.3. The van der Waals surface area contributed by atoms with Crippen molar-refractivity contribution in [1.82, 2.24) is 14.8 Å². The first-order valence-electron chi connectivity index (χ1n) is 9.22. The number of hydrogen-bond donors (Lipinski definition) is 1. The normalized spacial score (nSPS) is 12.9. The van der Waals surface area contributed by atoms with Gasteiger partial charge in [0.2, 0.25) is 5.91 Å². The summed E-state index contributed by atoms with van der Waals surface area (Å²) >= 11 is 0. The summed E-state index contributed by atoms with van der Waals surface area (Å²) in [7, 11) is 0. The third-order valence-corrected chi connectivity index (χ3v) is 4.69. The summed E-state index contributed by atoms with van der Waals surface area (Å²) in [6.45, 7) is 2.68. The molecule has 0 bridgehead atoms. The van der Waals surface area contributed by atoms with Crippen molar-refractivity contribution in [1.29, 1.82) is 5.26 Å². The van der Waals surface area contributed by atoms with Crippen LogP contribution in [-0.4, -0.2) is 33.8 Å². The summed E-state index contributed by atoms with van der Waals surface area (Å²) in [5.74, 6) is 1.36. The summed E-state index contributed by atoms with van der Waals surface area (Å²) < 4.78 is 1.75. The average Bonchev–Trinajstić information content (AvgIpc) is 3.09. The molecule has 4 rings (SSSR count). The summed E-state index contributed by atoms with van der Waals surface area (Å²) in [6.07, 6.45) is 5.05. The first-order valence-corrected chi connectivity index (χ1v) is 9.22. The van der Waals surface area contributed by atoms with E-state index in [0.29, 0.717) is 17.9 Å². The number of amides is 1. The second-order valence-electron chi connectivity index (χ2n) is 6.80. The van der Waals surface area contributed by atoms with Gasteiger partial charge < -0.3 is 10.2 Å². The molecular formula is C21H20N6O. The number of anilines is 2. The van der Waals surface area contributed by atoms with Gasteiger partial charge in [-0.25, -0.2) is 4.98 Å². The van der Waals surface area contributed by atoms with Crippen LogP contribution in [0.5, 0.6) is 0 Å². The van der Waals surface area contributed by atoms with E-state index in [-0.39, 0.29) is 12.3 Å². The fraction of sp³-hybridized carbons (Fsp3) is 0.238. The van der Waals surface area contributed by atoms with Crippen LogP contribution in [0.3, 0.4) is 0 Å². The van der Waals surface area contributed by atoms with Crippen LogP contribution in [0.1, 0.15) is 23.1 Å². The second kappa shape index (κ2) is 7.92. The molecule has 2 aromatic heterocycles. The lowest BCUT2D eigenvalue weighted by Gasteiger charge is -2.31. The Morgan fingerprint density at radius 1 is 1.11 bits per heavy atom. The molecule has 28 heavy (non-hydrogen) atoms. The molecule has 1 saturated heterocycles. The number of benzene rings is 1. The third kappa shape index (κ3) is 4.18. The Hall–Kier alpha value is -3.66. The maximum absolute atomic E-state index is 12.3. The van der Waals surface area contributed by atoms with Gasteiger partial charge in [0.05, 0.1) is 24.6 Å². The largest absolute Gasteiger partial charge is 0.356 e. The summed E-state index contributed by atoms with van der Waals surface area (Å²) in [5.41, 5.74) is 2.54. The minimum Gasteiger partial charge on any atom is -0.356 e. The molecule has 0 unspecified atom stereocenters. The average molecular weight is 372 g/mol. The highest BCUT2D eigenvalue weighted by Gasteiger charge is 2.15. The van der Waals surface area contributed by atoms with Gasteiger partial charge >= 0.3 is 0 Å². The van der Waals surface area contributed by atoms with Crippen molar-refractivity contribution < 1.29 is 4.79 Å². The molecule has 1 fully saturated rings. The smallest absolute Gasteiger partial charge is 0.230 e. The van der Waals surface area contributed by atoms with Gasteiger partial charge in [0.1, 0.15) is 5.82 Å². The molecule has 0 spiro atoms. The third-order valence-electron chi connectivity index (χ3n) is 4.69. The van der Waals surface area contributed by atoms with Crippen LogP contribution in [-0.2, 0) is 17.8 Å². The predicted octanol–water partition coefficient (Wildman–Crippen LogP) is 2.59. The number of aromatic nitrogens is 3. The highest BCUT2D eigenvalue weighted by molar-refractivity contribution is 5.91. The van der Waals surface area contributed by atoms with Gasteiger partial charge in [0.15, 0.2) is 5.82 Å². The van der Waals surface area contributed by atoms with Gasteiger partial charge in [-0.1, -0.05) is 18.2 Å². The van der Waals surface area contributed by atoms with Crippen LogP contribution in [0.25, 0.3) is 0 Å². The van der Waals surface area contributed by atoms with Crippen molar-refractivity contribution in [3.8, 4) is 6.07 Å². The molecule has 7 heteroatoms. The second-order valence-corrected chi connectivity index (χ2v) is 6.80. The first kappa shape index (κ1) is 17.7. The van der Waals surface area contributed by atoms with E-state index < -0.39 is 0 Å². The maximum Gasteiger partial charge on any atom is 0.230 e. The van der Waals surface area contributed by atoms with E-state index in [1.54, 1.807) is 29.1 Å².